The first-order valence-corrected chi connectivity index (χ1v) is 9.13. The summed E-state index contributed by atoms with van der Waals surface area (Å²) in [6, 6.07) is 8.19. The quantitative estimate of drug-likeness (QED) is 0.882. The molecule has 1 aromatic carbocycles. The minimum absolute atomic E-state index is 0.369. The molecule has 0 spiro atoms. The summed E-state index contributed by atoms with van der Waals surface area (Å²) in [7, 11) is 1.06. The molecule has 0 radical (unpaired) electrons. The molecule has 1 fully saturated rings. The fourth-order valence-corrected chi connectivity index (χ4v) is 5.16. The van der Waals surface area contributed by atoms with Crippen molar-refractivity contribution in [3.8, 4) is 0 Å². The zero-order chi connectivity index (χ0) is 13.7. The molecule has 2 rings (SSSR count). The van der Waals surface area contributed by atoms with E-state index in [0.29, 0.717) is 17.7 Å². The second-order valence-electron chi connectivity index (χ2n) is 5.24. The van der Waals surface area contributed by atoms with E-state index in [4.69, 9.17) is 0 Å². The Morgan fingerprint density at radius 1 is 1.32 bits per heavy atom. The van der Waals surface area contributed by atoms with Crippen LogP contribution >= 0.6 is 15.9 Å². The lowest BCUT2D eigenvalue weighted by atomic mass is 9.84. The van der Waals surface area contributed by atoms with Gasteiger partial charge in [0.15, 0.2) is 0 Å². The molecule has 0 saturated heterocycles. The number of hydrogen-bond acceptors (Lipinski definition) is 2. The summed E-state index contributed by atoms with van der Waals surface area (Å²) in [5, 5.41) is 3.38. The molecule has 0 heterocycles. The molecule has 1 N–H and O–H groups in total. The minimum Gasteiger partial charge on any atom is -0.316 e. The van der Waals surface area contributed by atoms with Gasteiger partial charge < -0.3 is 5.32 Å². The van der Waals surface area contributed by atoms with Gasteiger partial charge >= 0.3 is 0 Å². The summed E-state index contributed by atoms with van der Waals surface area (Å²) in [5.74, 6) is 1.40. The molecular weight excluding hydrogens is 322 g/mol. The van der Waals surface area contributed by atoms with Crippen molar-refractivity contribution in [2.45, 2.75) is 43.0 Å². The number of halogens is 1. The highest BCUT2D eigenvalue weighted by atomic mass is 79.9. The van der Waals surface area contributed by atoms with Gasteiger partial charge in [0.2, 0.25) is 0 Å². The molecule has 1 aromatic rings. The van der Waals surface area contributed by atoms with Gasteiger partial charge in [-0.25, -0.2) is 0 Å². The maximum absolute atomic E-state index is 12.5. The van der Waals surface area contributed by atoms with Crippen molar-refractivity contribution in [2.24, 2.45) is 5.92 Å². The van der Waals surface area contributed by atoms with Crippen LogP contribution in [0.4, 0.5) is 0 Å². The van der Waals surface area contributed by atoms with E-state index < -0.39 is 10.8 Å². The van der Waals surface area contributed by atoms with Crippen LogP contribution in [0, 0.1) is 5.92 Å². The Balaban J connectivity index is 2.01. The Morgan fingerprint density at radius 2 is 2.00 bits per heavy atom. The lowest BCUT2D eigenvalue weighted by Gasteiger charge is -2.29. The minimum atomic E-state index is -0.936. The van der Waals surface area contributed by atoms with Crippen LogP contribution in [0.15, 0.2) is 33.6 Å². The topological polar surface area (TPSA) is 29.1 Å². The van der Waals surface area contributed by atoms with Crippen LogP contribution in [0.1, 0.15) is 32.1 Å². The Hall–Kier alpha value is -0.190. The van der Waals surface area contributed by atoms with E-state index in [1.54, 1.807) is 0 Å². The van der Waals surface area contributed by atoms with Crippen molar-refractivity contribution < 1.29 is 4.21 Å². The predicted molar refractivity (Wildman–Crippen MR) is 84.8 cm³/mol. The van der Waals surface area contributed by atoms with Crippen molar-refractivity contribution in [3.63, 3.8) is 0 Å². The Bertz CT molecular complexity index is 432. The van der Waals surface area contributed by atoms with E-state index >= 15 is 0 Å². The molecular formula is C15H22BrNOS. The maximum atomic E-state index is 12.5. The Labute approximate surface area is 127 Å². The molecule has 1 saturated carbocycles. The fraction of sp³-hybridized carbons (Fsp3) is 0.600. The van der Waals surface area contributed by atoms with E-state index in [2.05, 4.69) is 21.2 Å². The molecule has 2 unspecified atom stereocenters. The summed E-state index contributed by atoms with van der Waals surface area (Å²) in [5.41, 5.74) is 0. The molecule has 19 heavy (non-hydrogen) atoms. The number of nitrogens with one attached hydrogen (secondary N) is 1. The van der Waals surface area contributed by atoms with Crippen LogP contribution in [0.25, 0.3) is 0 Å². The van der Waals surface area contributed by atoms with Gasteiger partial charge in [-0.05, 0) is 53.9 Å². The van der Waals surface area contributed by atoms with E-state index in [0.717, 1.165) is 9.37 Å². The highest BCUT2D eigenvalue weighted by molar-refractivity contribution is 9.10. The van der Waals surface area contributed by atoms with Crippen LogP contribution in [-0.2, 0) is 10.8 Å². The molecule has 1 aliphatic rings. The summed E-state index contributed by atoms with van der Waals surface area (Å²) in [4.78, 5) is 0.915. The standard InChI is InChI=1S/C15H22BrNOS/c1-17-14(12-7-3-2-4-8-12)11-19(18)15-10-6-5-9-13(15)16/h5-6,9-10,12,14,17H,2-4,7-8,11H2,1H3. The molecule has 106 valence electrons. The summed E-state index contributed by atoms with van der Waals surface area (Å²) >= 11 is 3.49. The molecule has 0 amide bonds. The summed E-state index contributed by atoms with van der Waals surface area (Å²) in [6.45, 7) is 0. The van der Waals surface area contributed by atoms with Crippen LogP contribution in [0.3, 0.4) is 0 Å². The number of benzene rings is 1. The molecule has 1 aliphatic carbocycles. The predicted octanol–water partition coefficient (Wildman–Crippen LogP) is 3.73. The highest BCUT2D eigenvalue weighted by Gasteiger charge is 2.24. The monoisotopic (exact) mass is 343 g/mol. The van der Waals surface area contributed by atoms with Crippen LogP contribution in [-0.4, -0.2) is 23.1 Å². The van der Waals surface area contributed by atoms with Crippen LogP contribution in [0.2, 0.25) is 0 Å². The van der Waals surface area contributed by atoms with Gasteiger partial charge in [0.1, 0.15) is 0 Å². The Kier molecular flexibility index (Phi) is 6.05. The van der Waals surface area contributed by atoms with Crippen LogP contribution in [0.5, 0.6) is 0 Å². The van der Waals surface area contributed by atoms with Crippen molar-refractivity contribution in [1.29, 1.82) is 0 Å². The summed E-state index contributed by atoms with van der Waals surface area (Å²) in [6.07, 6.45) is 6.56. The van der Waals surface area contributed by atoms with Gasteiger partial charge in [0.25, 0.3) is 0 Å². The van der Waals surface area contributed by atoms with E-state index in [1.807, 2.05) is 31.3 Å². The first-order valence-electron chi connectivity index (χ1n) is 7.02. The van der Waals surface area contributed by atoms with Gasteiger partial charge in [-0.15, -0.1) is 0 Å². The fourth-order valence-electron chi connectivity index (χ4n) is 2.87. The van der Waals surface area contributed by atoms with Gasteiger partial charge in [-0.2, -0.15) is 0 Å². The van der Waals surface area contributed by atoms with Crippen molar-refractivity contribution in [2.75, 3.05) is 12.8 Å². The average molecular weight is 344 g/mol. The Morgan fingerprint density at radius 3 is 2.63 bits per heavy atom. The third kappa shape index (κ3) is 4.14. The van der Waals surface area contributed by atoms with Crippen molar-refractivity contribution in [1.82, 2.24) is 5.32 Å². The van der Waals surface area contributed by atoms with E-state index in [1.165, 1.54) is 32.1 Å². The second kappa shape index (κ2) is 7.55. The molecule has 0 aliphatic heterocycles. The van der Waals surface area contributed by atoms with Gasteiger partial charge in [-0.1, -0.05) is 31.4 Å². The third-order valence-electron chi connectivity index (χ3n) is 4.00. The lowest BCUT2D eigenvalue weighted by Crippen LogP contribution is -2.39. The van der Waals surface area contributed by atoms with Gasteiger partial charge in [0, 0.05) is 16.3 Å². The smallest absolute Gasteiger partial charge is 0.0556 e. The zero-order valence-corrected chi connectivity index (χ0v) is 13.8. The third-order valence-corrected chi connectivity index (χ3v) is 6.46. The number of rotatable bonds is 5. The summed E-state index contributed by atoms with van der Waals surface area (Å²) < 4.78 is 13.5. The van der Waals surface area contributed by atoms with Crippen LogP contribution < -0.4 is 5.32 Å². The second-order valence-corrected chi connectivity index (χ2v) is 7.55. The van der Waals surface area contributed by atoms with Gasteiger partial charge in [0.05, 0.1) is 15.7 Å². The van der Waals surface area contributed by atoms with E-state index in [-0.39, 0.29) is 0 Å². The van der Waals surface area contributed by atoms with E-state index in [9.17, 15) is 4.21 Å². The average Bonchev–Trinajstić information content (AvgIpc) is 2.46. The molecule has 0 aromatic heterocycles. The molecule has 4 heteroatoms. The first kappa shape index (κ1) is 15.2. The molecule has 2 nitrogen and oxygen atoms in total. The SMILES string of the molecule is CNC(CS(=O)c1ccccc1Br)C1CCCCC1. The van der Waals surface area contributed by atoms with Crippen molar-refractivity contribution in [3.05, 3.63) is 28.7 Å². The highest BCUT2D eigenvalue weighted by Crippen LogP contribution is 2.28. The molecule has 0 bridgehead atoms. The van der Waals surface area contributed by atoms with Gasteiger partial charge in [-0.3, -0.25) is 4.21 Å². The first-order chi connectivity index (χ1) is 9.22. The molecule has 2 atom stereocenters. The normalized spacial score (nSPS) is 20.1. The maximum Gasteiger partial charge on any atom is 0.0556 e. The zero-order valence-electron chi connectivity index (χ0n) is 11.4. The lowest BCUT2D eigenvalue weighted by molar-refractivity contribution is 0.294. The largest absolute Gasteiger partial charge is 0.316 e. The number of hydrogen-bond donors (Lipinski definition) is 1. The van der Waals surface area contributed by atoms with Crippen molar-refractivity contribution >= 4 is 26.7 Å².